The maximum atomic E-state index is 13.1. The molecule has 214 valence electrons. The van der Waals surface area contributed by atoms with Crippen molar-refractivity contribution in [2.24, 2.45) is 0 Å². The third-order valence-corrected chi connectivity index (χ3v) is 7.01. The number of carboxylic acids is 1. The number of carbonyl (C=O) groups is 3. The predicted octanol–water partition coefficient (Wildman–Crippen LogP) is 7.15. The standard InChI is InChI=1S/C31H25F3N4O4/c1-15-7-8-21(37-28(39)18-5-4-6-19(11-18)31(32,33)34)12-24(15)36-20-9-10-22-23(29(40)38-26(22)13-20)14-25-16(2)27(30(41)42)17(3)35-25/h4-14,35-36H,1-3H3,(H,37,39)(H,38,40)(H,41,42). The van der Waals surface area contributed by atoms with E-state index in [1.165, 1.54) is 12.1 Å². The second-order valence-electron chi connectivity index (χ2n) is 9.93. The summed E-state index contributed by atoms with van der Waals surface area (Å²) in [6.07, 6.45) is -2.93. The number of fused-ring (bicyclic) bond motifs is 1. The number of aromatic amines is 1. The molecule has 0 aliphatic carbocycles. The van der Waals surface area contributed by atoms with Crippen LogP contribution in [0.15, 0.2) is 60.7 Å². The summed E-state index contributed by atoms with van der Waals surface area (Å²) in [7, 11) is 0. The number of hydrogen-bond acceptors (Lipinski definition) is 4. The Bertz CT molecular complexity index is 1800. The summed E-state index contributed by atoms with van der Waals surface area (Å²) in [5.74, 6) is -2.06. The van der Waals surface area contributed by atoms with Crippen LogP contribution in [-0.4, -0.2) is 27.9 Å². The van der Waals surface area contributed by atoms with Crippen molar-refractivity contribution in [2.45, 2.75) is 26.9 Å². The number of alkyl halides is 3. The molecule has 8 nitrogen and oxygen atoms in total. The number of halogens is 3. The second-order valence-corrected chi connectivity index (χ2v) is 9.93. The van der Waals surface area contributed by atoms with Crippen LogP contribution in [0.4, 0.5) is 35.9 Å². The molecule has 5 rings (SSSR count). The van der Waals surface area contributed by atoms with Gasteiger partial charge in [0, 0.05) is 39.6 Å². The normalized spacial score (nSPS) is 13.6. The molecule has 0 atom stereocenters. The molecule has 0 radical (unpaired) electrons. The number of carboxylic acid groups (broad SMARTS) is 1. The minimum absolute atomic E-state index is 0.123. The van der Waals surface area contributed by atoms with Gasteiger partial charge in [0.25, 0.3) is 11.8 Å². The number of aromatic nitrogens is 1. The lowest BCUT2D eigenvalue weighted by Crippen LogP contribution is -2.14. The van der Waals surface area contributed by atoms with Gasteiger partial charge in [-0.3, -0.25) is 9.59 Å². The zero-order valence-corrected chi connectivity index (χ0v) is 22.7. The maximum Gasteiger partial charge on any atom is 0.416 e. The molecule has 2 heterocycles. The van der Waals surface area contributed by atoms with Gasteiger partial charge in [-0.25, -0.2) is 4.79 Å². The molecule has 0 saturated carbocycles. The third kappa shape index (κ3) is 5.49. The molecule has 11 heteroatoms. The average molecular weight is 575 g/mol. The molecular weight excluding hydrogens is 549 g/mol. The van der Waals surface area contributed by atoms with Gasteiger partial charge in [-0.05, 0) is 80.4 Å². The molecule has 0 spiro atoms. The minimum Gasteiger partial charge on any atom is -0.478 e. The van der Waals surface area contributed by atoms with E-state index in [1.807, 2.05) is 6.92 Å². The largest absolute Gasteiger partial charge is 0.478 e. The number of carbonyl (C=O) groups excluding carboxylic acids is 2. The van der Waals surface area contributed by atoms with Gasteiger partial charge in [0.05, 0.1) is 22.4 Å². The molecule has 42 heavy (non-hydrogen) atoms. The Labute approximate surface area is 238 Å². The fourth-order valence-electron chi connectivity index (χ4n) is 4.83. The van der Waals surface area contributed by atoms with Crippen LogP contribution in [0.3, 0.4) is 0 Å². The number of benzene rings is 3. The molecule has 0 fully saturated rings. The van der Waals surface area contributed by atoms with Gasteiger partial charge in [0.15, 0.2) is 0 Å². The zero-order chi connectivity index (χ0) is 30.3. The number of aryl methyl sites for hydroxylation is 2. The highest BCUT2D eigenvalue weighted by Crippen LogP contribution is 2.37. The molecular formula is C31H25F3N4O4. The van der Waals surface area contributed by atoms with E-state index in [2.05, 4.69) is 20.9 Å². The first-order chi connectivity index (χ1) is 19.8. The van der Waals surface area contributed by atoms with Crippen molar-refractivity contribution in [2.75, 3.05) is 16.0 Å². The Morgan fingerprint density at radius 3 is 2.38 bits per heavy atom. The number of H-pyrrole nitrogens is 1. The van der Waals surface area contributed by atoms with Gasteiger partial charge in [-0.15, -0.1) is 0 Å². The third-order valence-electron chi connectivity index (χ3n) is 7.01. The highest BCUT2D eigenvalue weighted by atomic mass is 19.4. The average Bonchev–Trinajstić information content (AvgIpc) is 3.39. The summed E-state index contributed by atoms with van der Waals surface area (Å²) in [6, 6.07) is 14.5. The maximum absolute atomic E-state index is 13.1. The van der Waals surface area contributed by atoms with Crippen molar-refractivity contribution in [3.63, 3.8) is 0 Å². The van der Waals surface area contributed by atoms with Crippen LogP contribution in [0.5, 0.6) is 0 Å². The molecule has 1 aliphatic rings. The Morgan fingerprint density at radius 1 is 0.952 bits per heavy atom. The van der Waals surface area contributed by atoms with Crippen LogP contribution >= 0.6 is 0 Å². The van der Waals surface area contributed by atoms with E-state index in [1.54, 1.807) is 56.3 Å². The second kappa shape index (κ2) is 10.6. The number of hydrogen-bond donors (Lipinski definition) is 5. The Balaban J connectivity index is 1.37. The van der Waals surface area contributed by atoms with E-state index in [0.717, 1.165) is 17.7 Å². The summed E-state index contributed by atoms with van der Waals surface area (Å²) in [6.45, 7) is 5.19. The van der Waals surface area contributed by atoms with Crippen molar-refractivity contribution in [1.29, 1.82) is 0 Å². The van der Waals surface area contributed by atoms with E-state index in [4.69, 9.17) is 0 Å². The summed E-state index contributed by atoms with van der Waals surface area (Å²) in [5.41, 5.74) is 4.77. The van der Waals surface area contributed by atoms with Gasteiger partial charge in [0.2, 0.25) is 0 Å². The lowest BCUT2D eigenvalue weighted by molar-refractivity contribution is -0.137. The first-order valence-electron chi connectivity index (χ1n) is 12.8. The molecule has 4 aromatic rings. The molecule has 3 aromatic carbocycles. The topological polar surface area (TPSA) is 123 Å². The summed E-state index contributed by atoms with van der Waals surface area (Å²) < 4.78 is 39.2. The molecule has 1 aromatic heterocycles. The van der Waals surface area contributed by atoms with E-state index in [-0.39, 0.29) is 17.0 Å². The van der Waals surface area contributed by atoms with E-state index >= 15 is 0 Å². The lowest BCUT2D eigenvalue weighted by Gasteiger charge is -2.14. The fraction of sp³-hybridized carbons (Fsp3) is 0.129. The van der Waals surface area contributed by atoms with Gasteiger partial charge >= 0.3 is 12.1 Å². The van der Waals surface area contributed by atoms with E-state index in [9.17, 15) is 32.7 Å². The van der Waals surface area contributed by atoms with Crippen molar-refractivity contribution >= 4 is 52.2 Å². The predicted molar refractivity (Wildman–Crippen MR) is 154 cm³/mol. The van der Waals surface area contributed by atoms with E-state index < -0.39 is 23.6 Å². The van der Waals surface area contributed by atoms with Crippen LogP contribution in [-0.2, 0) is 11.0 Å². The lowest BCUT2D eigenvalue weighted by atomic mass is 10.0. The smallest absolute Gasteiger partial charge is 0.416 e. The van der Waals surface area contributed by atoms with Crippen molar-refractivity contribution in [1.82, 2.24) is 4.98 Å². The first-order valence-corrected chi connectivity index (χ1v) is 12.8. The fourth-order valence-corrected chi connectivity index (χ4v) is 4.83. The highest BCUT2D eigenvalue weighted by Gasteiger charge is 2.31. The van der Waals surface area contributed by atoms with Crippen molar-refractivity contribution in [3.8, 4) is 0 Å². The molecule has 1 aliphatic heterocycles. The summed E-state index contributed by atoms with van der Waals surface area (Å²) >= 11 is 0. The zero-order valence-electron chi connectivity index (χ0n) is 22.7. The number of nitrogens with one attached hydrogen (secondary N) is 4. The van der Waals surface area contributed by atoms with Gasteiger partial charge in [-0.2, -0.15) is 13.2 Å². The minimum atomic E-state index is -4.56. The summed E-state index contributed by atoms with van der Waals surface area (Å²) in [5, 5.41) is 18.2. The van der Waals surface area contributed by atoms with Crippen LogP contribution in [0.1, 0.15) is 54.4 Å². The van der Waals surface area contributed by atoms with Crippen LogP contribution in [0.25, 0.3) is 11.6 Å². The summed E-state index contributed by atoms with van der Waals surface area (Å²) in [4.78, 5) is 40.1. The Morgan fingerprint density at radius 2 is 1.69 bits per heavy atom. The number of anilines is 4. The van der Waals surface area contributed by atoms with Crippen LogP contribution in [0, 0.1) is 20.8 Å². The number of rotatable bonds is 6. The van der Waals surface area contributed by atoms with Crippen LogP contribution in [0.2, 0.25) is 0 Å². The van der Waals surface area contributed by atoms with Crippen LogP contribution < -0.4 is 16.0 Å². The van der Waals surface area contributed by atoms with E-state index in [0.29, 0.717) is 50.8 Å². The number of aromatic carboxylic acids is 1. The first kappa shape index (κ1) is 28.2. The molecule has 5 N–H and O–H groups in total. The van der Waals surface area contributed by atoms with Crippen molar-refractivity contribution < 1.29 is 32.7 Å². The molecule has 0 unspecified atom stereocenters. The Kier molecular flexibility index (Phi) is 7.11. The monoisotopic (exact) mass is 574 g/mol. The molecule has 0 bridgehead atoms. The SMILES string of the molecule is Cc1ccc(NC(=O)c2cccc(C(F)(F)F)c2)cc1Nc1ccc2c(c1)NC(=O)C2=Cc1[nH]c(C)c(C(=O)O)c1C. The molecule has 2 amide bonds. The number of amides is 2. The van der Waals surface area contributed by atoms with Gasteiger partial charge in [0.1, 0.15) is 0 Å². The van der Waals surface area contributed by atoms with Crippen molar-refractivity contribution in [3.05, 3.63) is 105 Å². The van der Waals surface area contributed by atoms with Gasteiger partial charge in [-0.1, -0.05) is 18.2 Å². The quantitative estimate of drug-likeness (QED) is 0.157. The molecule has 0 saturated heterocycles. The highest BCUT2D eigenvalue weighted by molar-refractivity contribution is 6.35. The van der Waals surface area contributed by atoms with Gasteiger partial charge < -0.3 is 26.0 Å². The Hall–Kier alpha value is -5.32.